The topological polar surface area (TPSA) is 85.5 Å². The average molecular weight is 261 g/mol. The van der Waals surface area contributed by atoms with E-state index in [4.69, 9.17) is 5.73 Å². The molecule has 0 unspecified atom stereocenters. The Hall–Kier alpha value is -2.39. The van der Waals surface area contributed by atoms with Crippen molar-refractivity contribution < 1.29 is 14.3 Å². The molecule has 0 fully saturated rings. The summed E-state index contributed by atoms with van der Waals surface area (Å²) < 4.78 is 4.51. The highest BCUT2D eigenvalue weighted by Crippen LogP contribution is 2.08. The standard InChI is InChI=1S/C13H15N3O3/c1-16(9-12(17)19-2)13(18)11-5-7-15-8-10(11)4-3-6-14/h5,7-8H,6,9,14H2,1-2H3. The third-order valence-electron chi connectivity index (χ3n) is 2.32. The number of pyridine rings is 1. The van der Waals surface area contributed by atoms with Gasteiger partial charge >= 0.3 is 5.97 Å². The van der Waals surface area contributed by atoms with Crippen molar-refractivity contribution in [2.45, 2.75) is 0 Å². The van der Waals surface area contributed by atoms with Crippen LogP contribution in [0.4, 0.5) is 0 Å². The van der Waals surface area contributed by atoms with Crippen LogP contribution in [0.1, 0.15) is 15.9 Å². The van der Waals surface area contributed by atoms with Gasteiger partial charge in [0.1, 0.15) is 6.54 Å². The molecule has 1 aromatic rings. The number of nitrogens with zero attached hydrogens (tertiary/aromatic N) is 2. The molecule has 100 valence electrons. The summed E-state index contributed by atoms with van der Waals surface area (Å²) in [4.78, 5) is 28.5. The third kappa shape index (κ3) is 4.08. The minimum atomic E-state index is -0.487. The number of rotatable bonds is 3. The molecular weight excluding hydrogens is 246 g/mol. The normalized spacial score (nSPS) is 9.21. The lowest BCUT2D eigenvalue weighted by molar-refractivity contribution is -0.141. The van der Waals surface area contributed by atoms with Gasteiger partial charge in [-0.1, -0.05) is 11.8 Å². The lowest BCUT2D eigenvalue weighted by Gasteiger charge is -2.16. The Morgan fingerprint density at radius 1 is 1.53 bits per heavy atom. The van der Waals surface area contributed by atoms with Gasteiger partial charge in [0, 0.05) is 19.4 Å². The van der Waals surface area contributed by atoms with Gasteiger partial charge in [-0.2, -0.15) is 0 Å². The molecular formula is C13H15N3O3. The van der Waals surface area contributed by atoms with Crippen molar-refractivity contribution in [3.8, 4) is 11.8 Å². The number of carbonyl (C=O) groups excluding carboxylic acids is 2. The highest BCUT2D eigenvalue weighted by Gasteiger charge is 2.17. The molecule has 2 N–H and O–H groups in total. The Balaban J connectivity index is 2.96. The van der Waals surface area contributed by atoms with Crippen molar-refractivity contribution in [1.82, 2.24) is 9.88 Å². The summed E-state index contributed by atoms with van der Waals surface area (Å²) in [5.41, 5.74) is 6.15. The Bertz CT molecular complexity index is 531. The summed E-state index contributed by atoms with van der Waals surface area (Å²) in [7, 11) is 2.78. The summed E-state index contributed by atoms with van der Waals surface area (Å²) in [6.07, 6.45) is 2.98. The van der Waals surface area contributed by atoms with Gasteiger partial charge in [-0.05, 0) is 6.07 Å². The maximum Gasteiger partial charge on any atom is 0.325 e. The second-order valence-corrected chi connectivity index (χ2v) is 3.66. The van der Waals surface area contributed by atoms with Gasteiger partial charge in [-0.25, -0.2) is 0 Å². The predicted octanol–water partition coefficient (Wildman–Crippen LogP) is -0.363. The van der Waals surface area contributed by atoms with Gasteiger partial charge in [0.15, 0.2) is 0 Å². The smallest absolute Gasteiger partial charge is 0.325 e. The zero-order valence-electron chi connectivity index (χ0n) is 10.8. The SMILES string of the molecule is COC(=O)CN(C)C(=O)c1ccncc1C#CCN. The number of ether oxygens (including phenoxy) is 1. The first kappa shape index (κ1) is 14.7. The third-order valence-corrected chi connectivity index (χ3v) is 2.32. The molecule has 1 amide bonds. The van der Waals surface area contributed by atoms with Gasteiger partial charge < -0.3 is 15.4 Å². The van der Waals surface area contributed by atoms with Gasteiger partial charge in [0.25, 0.3) is 5.91 Å². The summed E-state index contributed by atoms with van der Waals surface area (Å²) in [6.45, 7) is 0.0714. The van der Waals surface area contributed by atoms with E-state index in [1.165, 1.54) is 31.5 Å². The van der Waals surface area contributed by atoms with Gasteiger partial charge in [-0.15, -0.1) is 0 Å². The predicted molar refractivity (Wildman–Crippen MR) is 69.1 cm³/mol. The second kappa shape index (κ2) is 7.13. The molecule has 0 radical (unpaired) electrons. The van der Waals surface area contributed by atoms with E-state index in [9.17, 15) is 9.59 Å². The summed E-state index contributed by atoms with van der Waals surface area (Å²) in [5, 5.41) is 0. The van der Waals surface area contributed by atoms with Crippen LogP contribution in [-0.2, 0) is 9.53 Å². The van der Waals surface area contributed by atoms with Crippen LogP contribution in [-0.4, -0.2) is 49.0 Å². The largest absolute Gasteiger partial charge is 0.468 e. The van der Waals surface area contributed by atoms with Crippen LogP contribution in [0.2, 0.25) is 0 Å². The number of amides is 1. The van der Waals surface area contributed by atoms with E-state index < -0.39 is 5.97 Å². The molecule has 0 aliphatic carbocycles. The molecule has 0 saturated carbocycles. The Kier molecular flexibility index (Phi) is 5.51. The number of likely N-dealkylation sites (N-methyl/N-ethyl adjacent to an activating group) is 1. The van der Waals surface area contributed by atoms with Crippen LogP contribution in [0.25, 0.3) is 0 Å². The molecule has 0 saturated heterocycles. The number of hydrogen-bond acceptors (Lipinski definition) is 5. The van der Waals surface area contributed by atoms with Crippen molar-refractivity contribution in [2.24, 2.45) is 5.73 Å². The summed E-state index contributed by atoms with van der Waals surface area (Å²) in [6, 6.07) is 1.55. The van der Waals surface area contributed by atoms with Gasteiger partial charge in [0.2, 0.25) is 0 Å². The maximum absolute atomic E-state index is 12.2. The van der Waals surface area contributed by atoms with Crippen molar-refractivity contribution in [3.63, 3.8) is 0 Å². The lowest BCUT2D eigenvalue weighted by Crippen LogP contribution is -2.33. The molecule has 19 heavy (non-hydrogen) atoms. The fourth-order valence-electron chi connectivity index (χ4n) is 1.36. The highest BCUT2D eigenvalue weighted by atomic mass is 16.5. The molecule has 1 rings (SSSR count). The van der Waals surface area contributed by atoms with Crippen LogP contribution in [0, 0.1) is 11.8 Å². The van der Waals surface area contributed by atoms with Gasteiger partial charge in [-0.3, -0.25) is 14.6 Å². The van der Waals surface area contributed by atoms with E-state index in [-0.39, 0.29) is 19.0 Å². The number of nitrogens with two attached hydrogens (primary N) is 1. The fraction of sp³-hybridized carbons (Fsp3) is 0.308. The van der Waals surface area contributed by atoms with Crippen LogP contribution < -0.4 is 5.73 Å². The van der Waals surface area contributed by atoms with Crippen LogP contribution >= 0.6 is 0 Å². The molecule has 6 heteroatoms. The zero-order chi connectivity index (χ0) is 14.3. The summed E-state index contributed by atoms with van der Waals surface area (Å²) in [5.74, 6) is 4.63. The average Bonchev–Trinajstić information content (AvgIpc) is 2.44. The minimum Gasteiger partial charge on any atom is -0.468 e. The van der Waals surface area contributed by atoms with Crippen LogP contribution in [0.5, 0.6) is 0 Å². The molecule has 0 aromatic carbocycles. The molecule has 1 heterocycles. The van der Waals surface area contributed by atoms with E-state index in [0.717, 1.165) is 0 Å². The van der Waals surface area contributed by atoms with E-state index in [2.05, 4.69) is 21.6 Å². The van der Waals surface area contributed by atoms with Crippen LogP contribution in [0.15, 0.2) is 18.5 Å². The van der Waals surface area contributed by atoms with E-state index in [1.807, 2.05) is 0 Å². The first-order chi connectivity index (χ1) is 9.10. The molecule has 0 atom stereocenters. The molecule has 1 aromatic heterocycles. The Labute approximate surface area is 111 Å². The van der Waals surface area contributed by atoms with Crippen LogP contribution in [0.3, 0.4) is 0 Å². The molecule has 0 bridgehead atoms. The Morgan fingerprint density at radius 3 is 2.89 bits per heavy atom. The second-order valence-electron chi connectivity index (χ2n) is 3.66. The monoisotopic (exact) mass is 261 g/mol. The molecule has 0 aliphatic heterocycles. The summed E-state index contributed by atoms with van der Waals surface area (Å²) >= 11 is 0. The number of aromatic nitrogens is 1. The first-order valence-corrected chi connectivity index (χ1v) is 5.55. The minimum absolute atomic E-state index is 0.124. The van der Waals surface area contributed by atoms with E-state index >= 15 is 0 Å². The fourth-order valence-corrected chi connectivity index (χ4v) is 1.36. The Morgan fingerprint density at radius 2 is 2.26 bits per heavy atom. The number of methoxy groups -OCH3 is 1. The first-order valence-electron chi connectivity index (χ1n) is 5.55. The quantitative estimate of drug-likeness (QED) is 0.593. The number of carbonyl (C=O) groups is 2. The zero-order valence-corrected chi connectivity index (χ0v) is 10.8. The lowest BCUT2D eigenvalue weighted by atomic mass is 10.1. The van der Waals surface area contributed by atoms with E-state index in [1.54, 1.807) is 6.07 Å². The van der Waals surface area contributed by atoms with Crippen molar-refractivity contribution in [2.75, 3.05) is 27.2 Å². The highest BCUT2D eigenvalue weighted by molar-refractivity contribution is 5.97. The van der Waals surface area contributed by atoms with Crippen molar-refractivity contribution in [3.05, 3.63) is 29.6 Å². The number of hydrogen-bond donors (Lipinski definition) is 1. The van der Waals surface area contributed by atoms with E-state index in [0.29, 0.717) is 11.1 Å². The van der Waals surface area contributed by atoms with Crippen molar-refractivity contribution >= 4 is 11.9 Å². The number of esters is 1. The van der Waals surface area contributed by atoms with Gasteiger partial charge in [0.05, 0.1) is 24.8 Å². The molecule has 6 nitrogen and oxygen atoms in total. The molecule has 0 aliphatic rings. The van der Waals surface area contributed by atoms with Crippen molar-refractivity contribution in [1.29, 1.82) is 0 Å². The maximum atomic E-state index is 12.2. The molecule has 0 spiro atoms.